The van der Waals surface area contributed by atoms with Crippen molar-refractivity contribution in [3.8, 4) is 0 Å². The highest BCUT2D eigenvalue weighted by molar-refractivity contribution is 5.81. The van der Waals surface area contributed by atoms with Gasteiger partial charge in [-0.1, -0.05) is 0 Å². The number of rotatable bonds is 5. The fourth-order valence-corrected chi connectivity index (χ4v) is 0.795. The first-order valence-corrected chi connectivity index (χ1v) is 4.76. The van der Waals surface area contributed by atoms with Gasteiger partial charge < -0.3 is 9.47 Å². The normalized spacial score (nSPS) is 10.9. The van der Waals surface area contributed by atoms with Gasteiger partial charge in [0.15, 0.2) is 0 Å². The first kappa shape index (κ1) is 13.9. The Kier molecular flexibility index (Phi) is 5.93. The Labute approximate surface area is 90.1 Å². The number of amides is 1. The predicted octanol–water partition coefficient (Wildman–Crippen LogP) is 0.496. The van der Waals surface area contributed by atoms with Crippen LogP contribution < -0.4 is 5.32 Å². The van der Waals surface area contributed by atoms with E-state index in [9.17, 15) is 9.59 Å². The molecule has 0 aliphatic heterocycles. The van der Waals surface area contributed by atoms with Crippen molar-refractivity contribution in [3.63, 3.8) is 0 Å². The molecule has 0 heterocycles. The average Bonchev–Trinajstić information content (AvgIpc) is 2.08. The maximum Gasteiger partial charge on any atom is 0.328 e. The molecule has 15 heavy (non-hydrogen) atoms. The zero-order chi connectivity index (χ0) is 11.9. The summed E-state index contributed by atoms with van der Waals surface area (Å²) >= 11 is 0. The standard InChI is InChI=1S/C10H18NO4/c1-10(2,3)15-9(13)7-11-8(12)5-6-14-4/h5-7H2,1-4H3. The lowest BCUT2D eigenvalue weighted by molar-refractivity contribution is -0.154. The van der Waals surface area contributed by atoms with Crippen molar-refractivity contribution in [2.45, 2.75) is 32.8 Å². The van der Waals surface area contributed by atoms with Crippen LogP contribution in [0.3, 0.4) is 0 Å². The monoisotopic (exact) mass is 216 g/mol. The van der Waals surface area contributed by atoms with E-state index in [1.165, 1.54) is 7.11 Å². The molecule has 0 atom stereocenters. The molecule has 0 aromatic carbocycles. The van der Waals surface area contributed by atoms with Crippen molar-refractivity contribution in [1.82, 2.24) is 5.32 Å². The highest BCUT2D eigenvalue weighted by Gasteiger charge is 2.17. The van der Waals surface area contributed by atoms with Crippen LogP contribution in [-0.2, 0) is 19.1 Å². The molecule has 87 valence electrons. The second-order valence-corrected chi connectivity index (χ2v) is 4.04. The Morgan fingerprint density at radius 1 is 1.27 bits per heavy atom. The summed E-state index contributed by atoms with van der Waals surface area (Å²) in [6, 6.07) is 0. The van der Waals surface area contributed by atoms with Gasteiger partial charge in [0.2, 0.25) is 5.91 Å². The summed E-state index contributed by atoms with van der Waals surface area (Å²) in [4.78, 5) is 22.2. The molecule has 0 bridgehead atoms. The molecule has 0 aromatic heterocycles. The molecule has 5 heteroatoms. The third-order valence-corrected chi connectivity index (χ3v) is 1.32. The van der Waals surface area contributed by atoms with Crippen molar-refractivity contribution in [2.75, 3.05) is 20.3 Å². The Morgan fingerprint density at radius 3 is 2.33 bits per heavy atom. The molecule has 0 unspecified atom stereocenters. The van der Waals surface area contributed by atoms with Gasteiger partial charge in [0, 0.05) is 7.11 Å². The number of ether oxygens (including phenoxy) is 2. The number of hydrogen-bond donors (Lipinski definition) is 0. The quantitative estimate of drug-likeness (QED) is 0.627. The van der Waals surface area contributed by atoms with Crippen LogP contribution in [0.2, 0.25) is 0 Å². The van der Waals surface area contributed by atoms with Crippen LogP contribution in [0.25, 0.3) is 0 Å². The third-order valence-electron chi connectivity index (χ3n) is 1.32. The molecule has 1 radical (unpaired) electrons. The van der Waals surface area contributed by atoms with Crippen LogP contribution in [0.1, 0.15) is 27.2 Å². The van der Waals surface area contributed by atoms with Gasteiger partial charge in [0.25, 0.3) is 0 Å². The minimum Gasteiger partial charge on any atom is -0.459 e. The van der Waals surface area contributed by atoms with E-state index in [1.807, 2.05) is 0 Å². The summed E-state index contributed by atoms with van der Waals surface area (Å²) in [7, 11) is 1.50. The maximum absolute atomic E-state index is 11.1. The second-order valence-electron chi connectivity index (χ2n) is 4.04. The number of carbonyl (C=O) groups excluding carboxylic acids is 2. The minimum atomic E-state index is -0.540. The molecular weight excluding hydrogens is 198 g/mol. The fraction of sp³-hybridized carbons (Fsp3) is 0.800. The Balaban J connectivity index is 3.67. The lowest BCUT2D eigenvalue weighted by atomic mass is 10.2. The number of hydrogen-bond acceptors (Lipinski definition) is 4. The van der Waals surface area contributed by atoms with Crippen molar-refractivity contribution in [2.24, 2.45) is 0 Å². The van der Waals surface area contributed by atoms with Gasteiger partial charge in [0.05, 0.1) is 13.0 Å². The summed E-state index contributed by atoms with van der Waals surface area (Å²) in [6.07, 6.45) is 0.194. The topological polar surface area (TPSA) is 66.7 Å². The predicted molar refractivity (Wildman–Crippen MR) is 54.3 cm³/mol. The number of carbonyl (C=O) groups is 2. The number of methoxy groups -OCH3 is 1. The molecule has 0 aliphatic rings. The van der Waals surface area contributed by atoms with E-state index in [0.717, 1.165) is 0 Å². The van der Waals surface area contributed by atoms with Crippen LogP contribution >= 0.6 is 0 Å². The van der Waals surface area contributed by atoms with E-state index in [-0.39, 0.29) is 18.9 Å². The molecule has 0 fully saturated rings. The van der Waals surface area contributed by atoms with Gasteiger partial charge in [-0.15, -0.1) is 0 Å². The van der Waals surface area contributed by atoms with E-state index in [1.54, 1.807) is 20.8 Å². The van der Waals surface area contributed by atoms with Crippen LogP contribution in [0.15, 0.2) is 0 Å². The summed E-state index contributed by atoms with van der Waals surface area (Å²) < 4.78 is 9.68. The smallest absolute Gasteiger partial charge is 0.328 e. The van der Waals surface area contributed by atoms with Gasteiger partial charge in [-0.25, -0.2) is 5.32 Å². The van der Waals surface area contributed by atoms with Crippen molar-refractivity contribution >= 4 is 11.9 Å². The first-order valence-electron chi connectivity index (χ1n) is 4.76. The van der Waals surface area contributed by atoms with Crippen LogP contribution in [0.4, 0.5) is 0 Å². The van der Waals surface area contributed by atoms with Crippen LogP contribution in [0.5, 0.6) is 0 Å². The van der Waals surface area contributed by atoms with Crippen LogP contribution in [0, 0.1) is 0 Å². The highest BCUT2D eigenvalue weighted by atomic mass is 16.6. The zero-order valence-electron chi connectivity index (χ0n) is 9.70. The maximum atomic E-state index is 11.1. The van der Waals surface area contributed by atoms with Gasteiger partial charge in [-0.2, -0.15) is 0 Å². The number of esters is 1. The van der Waals surface area contributed by atoms with E-state index in [2.05, 4.69) is 5.32 Å². The Hall–Kier alpha value is -1.10. The van der Waals surface area contributed by atoms with E-state index in [0.29, 0.717) is 6.61 Å². The summed E-state index contributed by atoms with van der Waals surface area (Å²) in [5.74, 6) is -0.837. The molecule has 0 saturated carbocycles. The van der Waals surface area contributed by atoms with Gasteiger partial charge >= 0.3 is 5.97 Å². The summed E-state index contributed by atoms with van der Waals surface area (Å²) in [5.41, 5.74) is -0.540. The zero-order valence-corrected chi connectivity index (χ0v) is 9.70. The first-order chi connectivity index (χ1) is 6.85. The van der Waals surface area contributed by atoms with E-state index < -0.39 is 11.6 Å². The molecule has 0 N–H and O–H groups in total. The average molecular weight is 216 g/mol. The largest absolute Gasteiger partial charge is 0.459 e. The van der Waals surface area contributed by atoms with Crippen molar-refractivity contribution in [1.29, 1.82) is 0 Å². The molecule has 0 aromatic rings. The van der Waals surface area contributed by atoms with Gasteiger partial charge in [-0.05, 0) is 20.8 Å². The van der Waals surface area contributed by atoms with Crippen molar-refractivity contribution < 1.29 is 19.1 Å². The van der Waals surface area contributed by atoms with Crippen molar-refractivity contribution in [3.05, 3.63) is 0 Å². The Morgan fingerprint density at radius 2 is 1.87 bits per heavy atom. The Bertz CT molecular complexity index is 220. The number of nitrogens with zero attached hydrogens (tertiary/aromatic N) is 1. The third kappa shape index (κ3) is 9.21. The van der Waals surface area contributed by atoms with E-state index >= 15 is 0 Å². The van der Waals surface area contributed by atoms with Gasteiger partial charge in [0.1, 0.15) is 12.1 Å². The molecule has 0 spiro atoms. The highest BCUT2D eigenvalue weighted by Crippen LogP contribution is 2.06. The lowest BCUT2D eigenvalue weighted by Gasteiger charge is -2.19. The summed E-state index contributed by atoms with van der Waals surface area (Å²) in [6.45, 7) is 5.38. The molecular formula is C10H18NO4. The molecule has 0 saturated heterocycles. The minimum absolute atomic E-state index is 0.194. The lowest BCUT2D eigenvalue weighted by Crippen LogP contribution is -2.31. The summed E-state index contributed by atoms with van der Waals surface area (Å²) in [5, 5.41) is 3.55. The molecule has 0 rings (SSSR count). The second kappa shape index (κ2) is 6.40. The fourth-order valence-electron chi connectivity index (χ4n) is 0.795. The van der Waals surface area contributed by atoms with Gasteiger partial charge in [-0.3, -0.25) is 9.59 Å². The SMILES string of the molecule is COCCC(=O)[N]CC(=O)OC(C)(C)C. The molecule has 1 amide bonds. The molecule has 5 nitrogen and oxygen atoms in total. The van der Waals surface area contributed by atoms with E-state index in [4.69, 9.17) is 9.47 Å². The van der Waals surface area contributed by atoms with Crippen LogP contribution in [-0.4, -0.2) is 37.7 Å². The molecule has 0 aliphatic carbocycles.